The molecule has 126 valence electrons. The van der Waals surface area contributed by atoms with E-state index >= 15 is 0 Å². The topological polar surface area (TPSA) is 20.9 Å². The van der Waals surface area contributed by atoms with Crippen LogP contribution in [-0.4, -0.2) is 5.78 Å². The van der Waals surface area contributed by atoms with Gasteiger partial charge in [0.15, 0.2) is 12.4 Å². The van der Waals surface area contributed by atoms with Crippen molar-refractivity contribution in [2.45, 2.75) is 6.54 Å². The van der Waals surface area contributed by atoms with Gasteiger partial charge in [0, 0.05) is 22.2 Å². The number of nitrogens with zero attached hydrogens (tertiary/aromatic N) is 1. The minimum atomic E-state index is 0. The smallest absolute Gasteiger partial charge is 0.227 e. The van der Waals surface area contributed by atoms with Crippen LogP contribution in [0.1, 0.15) is 21.5 Å². The van der Waals surface area contributed by atoms with Gasteiger partial charge in [-0.25, -0.2) is 0 Å². The van der Waals surface area contributed by atoms with Crippen LogP contribution in [0.3, 0.4) is 0 Å². The molecule has 2 nitrogen and oxygen atoms in total. The number of hydrogen-bond acceptors (Lipinski definition) is 1. The monoisotopic (exact) mass is 458 g/mol. The normalized spacial score (nSPS) is 10.4. The molecule has 0 aliphatic carbocycles. The highest BCUT2D eigenvalue weighted by atomic mass is 79.9. The predicted octanol–water partition coefficient (Wildman–Crippen LogP) is 5.37. The fourth-order valence-corrected chi connectivity index (χ4v) is 2.60. The molecular weight excluding hydrogens is 442 g/mol. The Morgan fingerprint density at radius 3 is 2.00 bits per heavy atom. The van der Waals surface area contributed by atoms with Gasteiger partial charge in [-0.2, -0.15) is 4.57 Å². The number of pyridine rings is 1. The molecule has 0 aliphatic heterocycles. The first kappa shape index (κ1) is 19.3. The molecule has 0 saturated heterocycles. The highest BCUT2D eigenvalue weighted by molar-refractivity contribution is 9.10. The number of rotatable bonds is 5. The van der Waals surface area contributed by atoms with Crippen LogP contribution in [0, 0.1) is 0 Å². The summed E-state index contributed by atoms with van der Waals surface area (Å²) in [7, 11) is 0. The van der Waals surface area contributed by atoms with Crippen molar-refractivity contribution in [3.63, 3.8) is 0 Å². The van der Waals surface area contributed by atoms with E-state index in [1.165, 1.54) is 5.56 Å². The van der Waals surface area contributed by atoms with Gasteiger partial charge in [-0.1, -0.05) is 70.5 Å². The van der Waals surface area contributed by atoms with Gasteiger partial charge in [0.25, 0.3) is 0 Å². The lowest BCUT2D eigenvalue weighted by Gasteiger charge is -1.99. The first-order valence-electron chi connectivity index (χ1n) is 7.72. The van der Waals surface area contributed by atoms with E-state index in [2.05, 4.69) is 40.2 Å². The number of ketones is 1. The molecule has 25 heavy (non-hydrogen) atoms. The van der Waals surface area contributed by atoms with Crippen LogP contribution in [-0.2, 0) is 6.54 Å². The van der Waals surface area contributed by atoms with Crippen LogP contribution < -0.4 is 4.57 Å². The van der Waals surface area contributed by atoms with Gasteiger partial charge in [-0.3, -0.25) is 4.79 Å². The van der Waals surface area contributed by atoms with Crippen molar-refractivity contribution in [3.8, 4) is 0 Å². The number of halogens is 2. The van der Waals surface area contributed by atoms with Gasteiger partial charge in [0.2, 0.25) is 12.3 Å². The molecule has 0 unspecified atom stereocenters. The fraction of sp³-hybridized carbons (Fsp3) is 0.0476. The predicted molar refractivity (Wildman–Crippen MR) is 111 cm³/mol. The van der Waals surface area contributed by atoms with Crippen molar-refractivity contribution in [3.05, 3.63) is 100 Å². The van der Waals surface area contributed by atoms with E-state index in [0.717, 1.165) is 15.6 Å². The van der Waals surface area contributed by atoms with E-state index in [0.29, 0.717) is 6.54 Å². The molecule has 1 heterocycles. The fourth-order valence-electron chi connectivity index (χ4n) is 2.33. The average molecular weight is 460 g/mol. The third-order valence-electron chi connectivity index (χ3n) is 3.68. The highest BCUT2D eigenvalue weighted by Gasteiger charge is 2.11. The van der Waals surface area contributed by atoms with Crippen molar-refractivity contribution in [2.24, 2.45) is 0 Å². The highest BCUT2D eigenvalue weighted by Crippen LogP contribution is 2.11. The van der Waals surface area contributed by atoms with E-state index in [1.807, 2.05) is 71.6 Å². The number of benzene rings is 2. The van der Waals surface area contributed by atoms with Gasteiger partial charge in [0.1, 0.15) is 0 Å². The number of aromatic nitrogens is 1. The third-order valence-corrected chi connectivity index (χ3v) is 4.21. The second kappa shape index (κ2) is 9.44. The summed E-state index contributed by atoms with van der Waals surface area (Å²) in [6.07, 6.45) is 8.01. The van der Waals surface area contributed by atoms with E-state index < -0.39 is 0 Å². The molecule has 0 saturated carbocycles. The van der Waals surface area contributed by atoms with Crippen LogP contribution in [0.4, 0.5) is 0 Å². The Labute approximate surface area is 166 Å². The molecular formula is C21H18Br2NO+. The Morgan fingerprint density at radius 2 is 1.40 bits per heavy atom. The minimum Gasteiger partial charge on any atom is -0.287 e. The number of hydrogen-bond donors (Lipinski definition) is 0. The Kier molecular flexibility index (Phi) is 7.29. The van der Waals surface area contributed by atoms with Gasteiger partial charge in [0.05, 0.1) is 0 Å². The zero-order valence-electron chi connectivity index (χ0n) is 13.5. The van der Waals surface area contributed by atoms with Crippen LogP contribution >= 0.6 is 32.9 Å². The molecule has 3 rings (SSSR count). The molecule has 4 heteroatoms. The Bertz CT molecular complexity index is 841. The molecule has 0 spiro atoms. The van der Waals surface area contributed by atoms with Crippen molar-refractivity contribution >= 4 is 50.8 Å². The summed E-state index contributed by atoms with van der Waals surface area (Å²) in [5.74, 6) is 0.0973. The van der Waals surface area contributed by atoms with Gasteiger partial charge >= 0.3 is 0 Å². The second-order valence-electron chi connectivity index (χ2n) is 5.48. The lowest BCUT2D eigenvalue weighted by molar-refractivity contribution is -0.683. The maximum Gasteiger partial charge on any atom is 0.227 e. The summed E-state index contributed by atoms with van der Waals surface area (Å²) in [4.78, 5) is 12.3. The summed E-state index contributed by atoms with van der Waals surface area (Å²) in [5.41, 5.74) is 2.99. The van der Waals surface area contributed by atoms with E-state index in [4.69, 9.17) is 0 Å². The summed E-state index contributed by atoms with van der Waals surface area (Å²) in [5, 5.41) is 0. The zero-order valence-corrected chi connectivity index (χ0v) is 16.8. The molecule has 0 radical (unpaired) electrons. The molecule has 0 atom stereocenters. The van der Waals surface area contributed by atoms with E-state index in [-0.39, 0.29) is 22.8 Å². The summed E-state index contributed by atoms with van der Waals surface area (Å²) in [6.45, 7) is 0.338. The van der Waals surface area contributed by atoms with Crippen molar-refractivity contribution < 1.29 is 9.36 Å². The van der Waals surface area contributed by atoms with Gasteiger partial charge in [-0.05, 0) is 23.3 Å². The molecule has 0 aliphatic rings. The van der Waals surface area contributed by atoms with Gasteiger partial charge < -0.3 is 0 Å². The Morgan fingerprint density at radius 1 is 0.840 bits per heavy atom. The second-order valence-corrected chi connectivity index (χ2v) is 6.39. The quantitative estimate of drug-likeness (QED) is 0.371. The maximum atomic E-state index is 12.3. The molecule has 0 fully saturated rings. The number of carbonyl (C=O) groups is 1. The lowest BCUT2D eigenvalue weighted by Crippen LogP contribution is -2.37. The molecule has 2 aromatic carbocycles. The molecule has 0 amide bonds. The van der Waals surface area contributed by atoms with Crippen molar-refractivity contribution in [2.75, 3.05) is 0 Å². The average Bonchev–Trinajstić information content (AvgIpc) is 2.62. The molecule has 0 bridgehead atoms. The van der Waals surface area contributed by atoms with Crippen LogP contribution in [0.25, 0.3) is 12.2 Å². The summed E-state index contributed by atoms with van der Waals surface area (Å²) < 4.78 is 2.87. The summed E-state index contributed by atoms with van der Waals surface area (Å²) in [6, 6.07) is 21.6. The standard InChI is InChI=1S/C21H17BrNO.BrH/c22-20-10-8-19(9-11-20)21(24)16-23-14-12-18(13-15-23)7-6-17-4-2-1-3-5-17;/h1-15H,16H2;1H/q+1;/b7-6+;. The first-order valence-corrected chi connectivity index (χ1v) is 8.51. The van der Waals surface area contributed by atoms with Crippen molar-refractivity contribution in [1.29, 1.82) is 0 Å². The maximum absolute atomic E-state index is 12.3. The Hall–Kier alpha value is -2.04. The third kappa shape index (κ3) is 5.76. The molecule has 1 aromatic heterocycles. The number of carbonyl (C=O) groups excluding carboxylic acids is 1. The van der Waals surface area contributed by atoms with Crippen LogP contribution in [0.2, 0.25) is 0 Å². The minimum absolute atomic E-state index is 0. The summed E-state index contributed by atoms with van der Waals surface area (Å²) >= 11 is 3.38. The first-order chi connectivity index (χ1) is 11.7. The van der Waals surface area contributed by atoms with Crippen molar-refractivity contribution in [1.82, 2.24) is 0 Å². The Balaban J connectivity index is 0.00000225. The molecule has 0 N–H and O–H groups in total. The van der Waals surface area contributed by atoms with E-state index in [9.17, 15) is 4.79 Å². The van der Waals surface area contributed by atoms with Crippen LogP contribution in [0.5, 0.6) is 0 Å². The SMILES string of the molecule is Br.O=C(C[n+]1ccc(/C=C/c2ccccc2)cc1)c1ccc(Br)cc1. The largest absolute Gasteiger partial charge is 0.287 e. The van der Waals surface area contributed by atoms with E-state index in [1.54, 1.807) is 0 Å². The van der Waals surface area contributed by atoms with Gasteiger partial charge in [-0.15, -0.1) is 17.0 Å². The zero-order chi connectivity index (χ0) is 16.8. The lowest BCUT2D eigenvalue weighted by atomic mass is 10.1. The van der Waals surface area contributed by atoms with Crippen LogP contribution in [0.15, 0.2) is 83.6 Å². The molecule has 3 aromatic rings. The number of Topliss-reactive ketones (excluding diaryl/α,β-unsaturated/α-hetero) is 1.